The second kappa shape index (κ2) is 7.38. The van der Waals surface area contributed by atoms with Crippen LogP contribution in [0.2, 0.25) is 0 Å². The lowest BCUT2D eigenvalue weighted by molar-refractivity contribution is -0.125. The molecule has 3 N–H and O–H groups in total. The highest BCUT2D eigenvalue weighted by atomic mass is 19.1. The van der Waals surface area contributed by atoms with E-state index < -0.39 is 0 Å². The van der Waals surface area contributed by atoms with Gasteiger partial charge in [-0.15, -0.1) is 0 Å². The quantitative estimate of drug-likeness (QED) is 0.763. The average Bonchev–Trinajstić information content (AvgIpc) is 3.22. The highest BCUT2D eigenvalue weighted by Gasteiger charge is 2.34. The van der Waals surface area contributed by atoms with Gasteiger partial charge in [-0.05, 0) is 43.6 Å². The average molecular weight is 320 g/mol. The van der Waals surface area contributed by atoms with Crippen LogP contribution < -0.4 is 16.2 Å². The first-order valence-electron chi connectivity index (χ1n) is 8.44. The summed E-state index contributed by atoms with van der Waals surface area (Å²) in [5.41, 5.74) is 7.10. The van der Waals surface area contributed by atoms with Crippen molar-refractivity contribution < 1.29 is 9.18 Å². The standard InChI is InChI=1S/C17H25FN4O/c1-2-22-9-3-4-14(22)10-19-17(23)15-11-20-21-16(15)12-5-7-13(18)8-6-12/h5-8,14-16,20-21H,2-4,9-11H2,1H3,(H,19,23). The minimum atomic E-state index is -0.262. The van der Waals surface area contributed by atoms with E-state index in [9.17, 15) is 9.18 Å². The lowest BCUT2D eigenvalue weighted by Gasteiger charge is -2.24. The maximum absolute atomic E-state index is 13.1. The third kappa shape index (κ3) is 3.71. The van der Waals surface area contributed by atoms with Crippen molar-refractivity contribution in [2.24, 2.45) is 5.92 Å². The zero-order valence-corrected chi connectivity index (χ0v) is 13.5. The molecule has 5 nitrogen and oxygen atoms in total. The summed E-state index contributed by atoms with van der Waals surface area (Å²) in [6.07, 6.45) is 2.36. The van der Waals surface area contributed by atoms with Crippen molar-refractivity contribution in [2.45, 2.75) is 31.8 Å². The molecular formula is C17H25FN4O. The van der Waals surface area contributed by atoms with E-state index in [0.29, 0.717) is 19.1 Å². The van der Waals surface area contributed by atoms with E-state index in [4.69, 9.17) is 0 Å². The second-order valence-corrected chi connectivity index (χ2v) is 6.33. The predicted octanol–water partition coefficient (Wildman–Crippen LogP) is 1.19. The molecule has 0 spiro atoms. The van der Waals surface area contributed by atoms with Crippen LogP contribution in [0.4, 0.5) is 4.39 Å². The molecule has 3 atom stereocenters. The summed E-state index contributed by atoms with van der Waals surface area (Å²) in [5, 5.41) is 3.11. The number of carbonyl (C=O) groups excluding carboxylic acids is 1. The van der Waals surface area contributed by atoms with Crippen molar-refractivity contribution in [1.29, 1.82) is 0 Å². The normalized spacial score (nSPS) is 28.2. The fourth-order valence-corrected chi connectivity index (χ4v) is 3.62. The number of halogens is 1. The van der Waals surface area contributed by atoms with Crippen molar-refractivity contribution >= 4 is 5.91 Å². The molecule has 23 heavy (non-hydrogen) atoms. The van der Waals surface area contributed by atoms with Crippen LogP contribution in [0.5, 0.6) is 0 Å². The first-order valence-corrected chi connectivity index (χ1v) is 8.44. The molecule has 3 rings (SSSR count). The summed E-state index contributed by atoms with van der Waals surface area (Å²) in [6.45, 7) is 5.61. The van der Waals surface area contributed by atoms with Crippen LogP contribution in [0.25, 0.3) is 0 Å². The van der Waals surface area contributed by atoms with Crippen LogP contribution in [-0.4, -0.2) is 43.0 Å². The lowest BCUT2D eigenvalue weighted by Crippen LogP contribution is -2.43. The van der Waals surface area contributed by atoms with Crippen LogP contribution >= 0.6 is 0 Å². The topological polar surface area (TPSA) is 56.4 Å². The number of benzene rings is 1. The van der Waals surface area contributed by atoms with Crippen molar-refractivity contribution in [2.75, 3.05) is 26.2 Å². The molecule has 0 saturated carbocycles. The largest absolute Gasteiger partial charge is 0.354 e. The minimum Gasteiger partial charge on any atom is -0.354 e. The van der Waals surface area contributed by atoms with E-state index in [2.05, 4.69) is 28.0 Å². The van der Waals surface area contributed by atoms with Crippen molar-refractivity contribution in [3.05, 3.63) is 35.6 Å². The molecule has 3 unspecified atom stereocenters. The molecule has 2 aliphatic heterocycles. The fraction of sp³-hybridized carbons (Fsp3) is 0.588. The summed E-state index contributed by atoms with van der Waals surface area (Å²) in [5.74, 6) is -0.390. The number of amides is 1. The first-order chi connectivity index (χ1) is 11.2. The Labute approximate surface area is 136 Å². The summed E-state index contributed by atoms with van der Waals surface area (Å²) in [6, 6.07) is 6.66. The third-order valence-corrected chi connectivity index (χ3v) is 4.96. The Kier molecular flexibility index (Phi) is 5.25. The Bertz CT molecular complexity index is 536. The summed E-state index contributed by atoms with van der Waals surface area (Å²) < 4.78 is 13.1. The highest BCUT2D eigenvalue weighted by Crippen LogP contribution is 2.25. The van der Waals surface area contributed by atoms with Crippen molar-refractivity contribution in [1.82, 2.24) is 21.1 Å². The van der Waals surface area contributed by atoms with Gasteiger partial charge in [0.1, 0.15) is 5.82 Å². The highest BCUT2D eigenvalue weighted by molar-refractivity contribution is 5.80. The molecule has 2 saturated heterocycles. The summed E-state index contributed by atoms with van der Waals surface area (Å²) in [7, 11) is 0. The number of carbonyl (C=O) groups is 1. The van der Waals surface area contributed by atoms with Gasteiger partial charge in [0, 0.05) is 19.1 Å². The van der Waals surface area contributed by atoms with E-state index >= 15 is 0 Å². The van der Waals surface area contributed by atoms with Crippen LogP contribution in [0, 0.1) is 11.7 Å². The van der Waals surface area contributed by atoms with Gasteiger partial charge in [0.2, 0.25) is 5.91 Å². The number of hydrogen-bond donors (Lipinski definition) is 3. The minimum absolute atomic E-state index is 0.0554. The smallest absolute Gasteiger partial charge is 0.226 e. The molecule has 6 heteroatoms. The number of nitrogens with one attached hydrogen (secondary N) is 3. The van der Waals surface area contributed by atoms with Gasteiger partial charge in [0.05, 0.1) is 12.0 Å². The molecule has 126 valence electrons. The van der Waals surface area contributed by atoms with Gasteiger partial charge in [-0.3, -0.25) is 15.1 Å². The number of likely N-dealkylation sites (N-methyl/N-ethyl adjacent to an activating group) is 1. The fourth-order valence-electron chi connectivity index (χ4n) is 3.62. The van der Waals surface area contributed by atoms with Gasteiger partial charge >= 0.3 is 0 Å². The van der Waals surface area contributed by atoms with E-state index in [-0.39, 0.29) is 23.7 Å². The molecule has 2 fully saturated rings. The van der Waals surface area contributed by atoms with Crippen LogP contribution in [-0.2, 0) is 4.79 Å². The second-order valence-electron chi connectivity index (χ2n) is 6.33. The molecule has 2 heterocycles. The van der Waals surface area contributed by atoms with E-state index in [1.807, 2.05) is 0 Å². The molecule has 2 aliphatic rings. The van der Waals surface area contributed by atoms with Gasteiger partial charge in [-0.2, -0.15) is 0 Å². The number of rotatable bonds is 5. The van der Waals surface area contributed by atoms with Gasteiger partial charge < -0.3 is 5.32 Å². The zero-order chi connectivity index (χ0) is 16.2. The molecule has 0 bridgehead atoms. The van der Waals surface area contributed by atoms with E-state index in [1.54, 1.807) is 12.1 Å². The van der Waals surface area contributed by atoms with E-state index in [0.717, 1.165) is 25.1 Å². The Morgan fingerprint density at radius 3 is 2.91 bits per heavy atom. The van der Waals surface area contributed by atoms with E-state index in [1.165, 1.54) is 18.6 Å². The number of likely N-dealkylation sites (tertiary alicyclic amines) is 1. The van der Waals surface area contributed by atoms with Gasteiger partial charge in [0.25, 0.3) is 0 Å². The molecule has 0 aromatic heterocycles. The Balaban J connectivity index is 1.58. The molecule has 1 amide bonds. The SMILES string of the molecule is CCN1CCCC1CNC(=O)C1CNNC1c1ccc(F)cc1. The van der Waals surface area contributed by atoms with Gasteiger partial charge in [-0.1, -0.05) is 19.1 Å². The number of hydrogen-bond acceptors (Lipinski definition) is 4. The van der Waals surface area contributed by atoms with Crippen molar-refractivity contribution in [3.63, 3.8) is 0 Å². The summed E-state index contributed by atoms with van der Waals surface area (Å²) in [4.78, 5) is 15.0. The third-order valence-electron chi connectivity index (χ3n) is 4.96. The van der Waals surface area contributed by atoms with Gasteiger partial charge in [0.15, 0.2) is 0 Å². The lowest BCUT2D eigenvalue weighted by atomic mass is 9.94. The summed E-state index contributed by atoms with van der Waals surface area (Å²) >= 11 is 0. The molecule has 1 aromatic rings. The molecule has 1 aromatic carbocycles. The monoisotopic (exact) mass is 320 g/mol. The maximum atomic E-state index is 13.1. The number of hydrazine groups is 1. The zero-order valence-electron chi connectivity index (χ0n) is 13.5. The molecule has 0 aliphatic carbocycles. The van der Waals surface area contributed by atoms with Gasteiger partial charge in [-0.25, -0.2) is 9.82 Å². The van der Waals surface area contributed by atoms with Crippen LogP contribution in [0.3, 0.4) is 0 Å². The first kappa shape index (κ1) is 16.4. The molecule has 0 radical (unpaired) electrons. The number of nitrogens with zero attached hydrogens (tertiary/aromatic N) is 1. The molecular weight excluding hydrogens is 295 g/mol. The van der Waals surface area contributed by atoms with Crippen molar-refractivity contribution in [3.8, 4) is 0 Å². The maximum Gasteiger partial charge on any atom is 0.226 e. The Morgan fingerprint density at radius 1 is 1.39 bits per heavy atom. The Morgan fingerprint density at radius 2 is 2.17 bits per heavy atom. The van der Waals surface area contributed by atoms with Crippen LogP contribution in [0.15, 0.2) is 24.3 Å². The Hall–Kier alpha value is -1.50. The van der Waals surface area contributed by atoms with Crippen LogP contribution in [0.1, 0.15) is 31.4 Å². The predicted molar refractivity (Wildman–Crippen MR) is 87.0 cm³/mol.